The lowest BCUT2D eigenvalue weighted by atomic mass is 10.3. The average Bonchev–Trinajstić information content (AvgIpc) is 2.67. The van der Waals surface area contributed by atoms with Crippen molar-refractivity contribution in [1.82, 2.24) is 9.13 Å². The van der Waals surface area contributed by atoms with Crippen LogP contribution in [0.15, 0.2) is 64.4 Å². The summed E-state index contributed by atoms with van der Waals surface area (Å²) in [5.74, 6) is -0.600. The van der Waals surface area contributed by atoms with E-state index >= 15 is 0 Å². The fourth-order valence-corrected chi connectivity index (χ4v) is 2.73. The highest BCUT2D eigenvalue weighted by atomic mass is 35.5. The maximum atomic E-state index is 13.0. The van der Waals surface area contributed by atoms with Gasteiger partial charge in [0.25, 0.3) is 0 Å². The highest BCUT2D eigenvalue weighted by Gasteiger charge is 2.12. The Hall–Kier alpha value is -3.39. The number of carbonyl (C=O) groups excluding carboxylic acids is 1. The van der Waals surface area contributed by atoms with Crippen LogP contribution in [0.5, 0.6) is 5.75 Å². The third kappa shape index (κ3) is 4.12. The summed E-state index contributed by atoms with van der Waals surface area (Å²) >= 11 is 5.92. The van der Waals surface area contributed by atoms with Crippen molar-refractivity contribution < 1.29 is 13.9 Å². The average molecular weight is 404 g/mol. The Balaban J connectivity index is 1.83. The van der Waals surface area contributed by atoms with Gasteiger partial charge in [-0.15, -0.1) is 0 Å². The number of anilines is 1. The number of aromatic nitrogens is 2. The second-order valence-corrected chi connectivity index (χ2v) is 6.21. The normalized spacial score (nSPS) is 10.5. The van der Waals surface area contributed by atoms with E-state index < -0.39 is 22.8 Å². The van der Waals surface area contributed by atoms with Gasteiger partial charge in [-0.2, -0.15) is 0 Å². The Morgan fingerprint density at radius 2 is 1.82 bits per heavy atom. The van der Waals surface area contributed by atoms with Gasteiger partial charge in [0.2, 0.25) is 5.91 Å². The Labute approximate surface area is 163 Å². The molecule has 0 unspecified atom stereocenters. The van der Waals surface area contributed by atoms with E-state index in [-0.39, 0.29) is 6.54 Å². The summed E-state index contributed by atoms with van der Waals surface area (Å²) in [5.41, 5.74) is -1.07. The maximum absolute atomic E-state index is 13.0. The predicted octanol–water partition coefficient (Wildman–Crippen LogP) is 2.44. The lowest BCUT2D eigenvalue weighted by Gasteiger charge is -2.12. The Bertz CT molecular complexity index is 1140. The number of ether oxygens (including phenoxy) is 1. The Morgan fingerprint density at radius 3 is 2.50 bits per heavy atom. The van der Waals surface area contributed by atoms with Crippen LogP contribution < -0.4 is 21.2 Å². The van der Waals surface area contributed by atoms with Crippen molar-refractivity contribution in [3.63, 3.8) is 0 Å². The molecule has 1 aromatic heterocycles. The van der Waals surface area contributed by atoms with Crippen molar-refractivity contribution >= 4 is 23.2 Å². The van der Waals surface area contributed by atoms with Gasteiger partial charge in [-0.25, -0.2) is 4.39 Å². The van der Waals surface area contributed by atoms with E-state index in [1.54, 1.807) is 12.1 Å². The largest absolute Gasteiger partial charge is 0.495 e. The SMILES string of the molecule is COc1ccc(Cl)cc1NC(=O)Cn1ccn(-c2ccc(F)cc2)c(=O)c1=O. The third-order valence-electron chi connectivity index (χ3n) is 3.91. The van der Waals surface area contributed by atoms with Crippen molar-refractivity contribution in [2.24, 2.45) is 0 Å². The fraction of sp³-hybridized carbons (Fsp3) is 0.105. The molecule has 0 saturated heterocycles. The van der Waals surface area contributed by atoms with Gasteiger partial charge in [-0.05, 0) is 42.5 Å². The van der Waals surface area contributed by atoms with Crippen molar-refractivity contribution in [3.05, 3.63) is 86.4 Å². The molecule has 9 heteroatoms. The summed E-state index contributed by atoms with van der Waals surface area (Å²) < 4.78 is 20.2. The molecule has 0 aliphatic rings. The molecule has 0 aliphatic heterocycles. The molecule has 0 aliphatic carbocycles. The van der Waals surface area contributed by atoms with E-state index in [1.165, 1.54) is 49.8 Å². The van der Waals surface area contributed by atoms with Gasteiger partial charge < -0.3 is 10.1 Å². The van der Waals surface area contributed by atoms with Gasteiger partial charge >= 0.3 is 11.1 Å². The molecule has 0 saturated carbocycles. The van der Waals surface area contributed by atoms with Gasteiger partial charge in [0, 0.05) is 23.1 Å². The first-order valence-electron chi connectivity index (χ1n) is 8.10. The lowest BCUT2D eigenvalue weighted by molar-refractivity contribution is -0.116. The highest BCUT2D eigenvalue weighted by Crippen LogP contribution is 2.27. The zero-order chi connectivity index (χ0) is 20.3. The molecule has 1 N–H and O–H groups in total. The summed E-state index contributed by atoms with van der Waals surface area (Å²) in [5, 5.41) is 2.99. The maximum Gasteiger partial charge on any atom is 0.320 e. The molecule has 3 aromatic rings. The first-order valence-corrected chi connectivity index (χ1v) is 8.48. The molecule has 0 atom stereocenters. The van der Waals surface area contributed by atoms with Gasteiger partial charge in [0.15, 0.2) is 0 Å². The molecule has 0 bridgehead atoms. The van der Waals surface area contributed by atoms with Gasteiger partial charge in [0.1, 0.15) is 18.1 Å². The van der Waals surface area contributed by atoms with Crippen LogP contribution in [0.2, 0.25) is 5.02 Å². The molecule has 1 heterocycles. The van der Waals surface area contributed by atoms with E-state index in [1.807, 2.05) is 0 Å². The minimum absolute atomic E-state index is 0.337. The fourth-order valence-electron chi connectivity index (χ4n) is 2.56. The third-order valence-corrected chi connectivity index (χ3v) is 4.15. The smallest absolute Gasteiger partial charge is 0.320 e. The number of hydrogen-bond donors (Lipinski definition) is 1. The lowest BCUT2D eigenvalue weighted by Crippen LogP contribution is -2.41. The summed E-state index contributed by atoms with van der Waals surface area (Å²) in [6.45, 7) is -0.381. The molecular weight excluding hydrogens is 389 g/mol. The minimum Gasteiger partial charge on any atom is -0.495 e. The second kappa shape index (κ2) is 8.10. The molecule has 3 rings (SSSR count). The number of carbonyl (C=O) groups is 1. The molecule has 144 valence electrons. The van der Waals surface area contributed by atoms with Crippen molar-refractivity contribution in [2.75, 3.05) is 12.4 Å². The van der Waals surface area contributed by atoms with Crippen molar-refractivity contribution in [2.45, 2.75) is 6.54 Å². The quantitative estimate of drug-likeness (QED) is 0.663. The van der Waals surface area contributed by atoms with Crippen LogP contribution in [0, 0.1) is 5.82 Å². The van der Waals surface area contributed by atoms with Crippen LogP contribution in [0.4, 0.5) is 10.1 Å². The number of benzene rings is 2. The van der Waals surface area contributed by atoms with Crippen LogP contribution in [0.1, 0.15) is 0 Å². The first-order chi connectivity index (χ1) is 13.4. The zero-order valence-electron chi connectivity index (χ0n) is 14.7. The Kier molecular flexibility index (Phi) is 5.60. The standard InChI is InChI=1S/C19H15ClFN3O4/c1-28-16-7-2-12(20)10-15(16)22-17(25)11-23-8-9-24(19(27)18(23)26)14-5-3-13(21)4-6-14/h2-10H,11H2,1H3,(H,22,25). The number of hydrogen-bond acceptors (Lipinski definition) is 4. The topological polar surface area (TPSA) is 82.3 Å². The monoisotopic (exact) mass is 403 g/mol. The molecule has 1 amide bonds. The highest BCUT2D eigenvalue weighted by molar-refractivity contribution is 6.31. The summed E-state index contributed by atoms with van der Waals surface area (Å²) in [4.78, 5) is 36.9. The van der Waals surface area contributed by atoms with Crippen molar-refractivity contribution in [1.29, 1.82) is 0 Å². The molecule has 2 aromatic carbocycles. The predicted molar refractivity (Wildman–Crippen MR) is 103 cm³/mol. The van der Waals surface area contributed by atoms with Gasteiger partial charge in [-0.3, -0.25) is 23.5 Å². The molecule has 0 radical (unpaired) electrons. The summed E-state index contributed by atoms with van der Waals surface area (Å²) in [7, 11) is 1.44. The number of rotatable bonds is 5. The summed E-state index contributed by atoms with van der Waals surface area (Å²) in [6.07, 6.45) is 2.64. The van der Waals surface area contributed by atoms with Crippen LogP contribution in [-0.4, -0.2) is 22.2 Å². The zero-order valence-corrected chi connectivity index (χ0v) is 15.4. The van der Waals surface area contributed by atoms with E-state index in [4.69, 9.17) is 16.3 Å². The van der Waals surface area contributed by atoms with Gasteiger partial charge in [-0.1, -0.05) is 11.6 Å². The number of halogens is 2. The van der Waals surface area contributed by atoms with Crippen LogP contribution in [-0.2, 0) is 11.3 Å². The van der Waals surface area contributed by atoms with Crippen LogP contribution in [0.25, 0.3) is 5.69 Å². The number of nitrogens with zero attached hydrogens (tertiary/aromatic N) is 2. The number of nitrogens with one attached hydrogen (secondary N) is 1. The molecule has 0 fully saturated rings. The molecule has 0 spiro atoms. The van der Waals surface area contributed by atoms with E-state index in [0.29, 0.717) is 22.1 Å². The van der Waals surface area contributed by atoms with E-state index in [2.05, 4.69) is 5.32 Å². The van der Waals surface area contributed by atoms with Gasteiger partial charge in [0.05, 0.1) is 12.8 Å². The molecule has 7 nitrogen and oxygen atoms in total. The number of methoxy groups -OCH3 is 1. The Morgan fingerprint density at radius 1 is 1.11 bits per heavy atom. The number of amides is 1. The van der Waals surface area contributed by atoms with E-state index in [0.717, 1.165) is 9.13 Å². The van der Waals surface area contributed by atoms with Crippen LogP contribution >= 0.6 is 11.6 Å². The molecular formula is C19H15ClFN3O4. The van der Waals surface area contributed by atoms with Crippen molar-refractivity contribution in [3.8, 4) is 11.4 Å². The van der Waals surface area contributed by atoms with Crippen LogP contribution in [0.3, 0.4) is 0 Å². The first kappa shape index (κ1) is 19.4. The second-order valence-electron chi connectivity index (χ2n) is 5.78. The minimum atomic E-state index is -0.889. The molecule has 28 heavy (non-hydrogen) atoms. The van der Waals surface area contributed by atoms with E-state index in [9.17, 15) is 18.8 Å². The summed E-state index contributed by atoms with van der Waals surface area (Å²) in [6, 6.07) is 9.81.